The summed E-state index contributed by atoms with van der Waals surface area (Å²) in [7, 11) is 0. The van der Waals surface area contributed by atoms with Gasteiger partial charge in [0, 0.05) is 23.3 Å². The zero-order chi connectivity index (χ0) is 18.9. The van der Waals surface area contributed by atoms with Gasteiger partial charge < -0.3 is 14.4 Å². The molecule has 5 nitrogen and oxygen atoms in total. The summed E-state index contributed by atoms with van der Waals surface area (Å²) in [5.41, 5.74) is 0.662. The van der Waals surface area contributed by atoms with E-state index in [0.717, 1.165) is 0 Å². The van der Waals surface area contributed by atoms with Crippen LogP contribution >= 0.6 is 23.2 Å². The third-order valence-corrected chi connectivity index (χ3v) is 4.00. The highest BCUT2D eigenvalue weighted by atomic mass is 35.5. The molecule has 2 aromatic rings. The number of anilines is 1. The van der Waals surface area contributed by atoms with E-state index in [2.05, 4.69) is 0 Å². The molecule has 0 fully saturated rings. The molecule has 26 heavy (non-hydrogen) atoms. The number of ether oxygens (including phenoxy) is 2. The van der Waals surface area contributed by atoms with Gasteiger partial charge in [-0.05, 0) is 43.3 Å². The second-order valence-corrected chi connectivity index (χ2v) is 6.09. The molecule has 0 aliphatic heterocycles. The van der Waals surface area contributed by atoms with Crippen molar-refractivity contribution < 1.29 is 14.3 Å². The van der Waals surface area contributed by atoms with Crippen molar-refractivity contribution in [2.75, 3.05) is 24.7 Å². The van der Waals surface area contributed by atoms with E-state index in [4.69, 9.17) is 37.9 Å². The van der Waals surface area contributed by atoms with E-state index in [0.29, 0.717) is 33.8 Å². The lowest BCUT2D eigenvalue weighted by Crippen LogP contribution is -2.35. The quantitative estimate of drug-likeness (QED) is 0.651. The summed E-state index contributed by atoms with van der Waals surface area (Å²) in [4.78, 5) is 14.1. The Balaban J connectivity index is 2.11. The van der Waals surface area contributed by atoms with E-state index >= 15 is 0 Å². The summed E-state index contributed by atoms with van der Waals surface area (Å²) in [5.74, 6) is 0.755. The third-order valence-electron chi connectivity index (χ3n) is 3.45. The van der Waals surface area contributed by atoms with Gasteiger partial charge in [0.25, 0.3) is 5.91 Å². The Labute approximate surface area is 162 Å². The summed E-state index contributed by atoms with van der Waals surface area (Å²) in [5, 5.41) is 9.69. The van der Waals surface area contributed by atoms with E-state index in [1.807, 2.05) is 13.0 Å². The molecule has 0 N–H and O–H groups in total. The molecule has 136 valence electrons. The monoisotopic (exact) mass is 392 g/mol. The van der Waals surface area contributed by atoms with Crippen LogP contribution in [0.5, 0.6) is 11.5 Å². The first-order chi connectivity index (χ1) is 12.5. The van der Waals surface area contributed by atoms with Gasteiger partial charge in [-0.1, -0.05) is 23.2 Å². The highest BCUT2D eigenvalue weighted by Crippen LogP contribution is 2.28. The molecule has 1 amide bonds. The van der Waals surface area contributed by atoms with E-state index < -0.39 is 0 Å². The first-order valence-electron chi connectivity index (χ1n) is 8.03. The van der Waals surface area contributed by atoms with Gasteiger partial charge >= 0.3 is 0 Å². The fraction of sp³-hybridized carbons (Fsp3) is 0.263. The normalized spacial score (nSPS) is 10.1. The molecule has 7 heteroatoms. The van der Waals surface area contributed by atoms with Crippen LogP contribution in [-0.4, -0.2) is 25.7 Å². The Morgan fingerprint density at radius 2 is 1.88 bits per heavy atom. The average molecular weight is 393 g/mol. The second-order valence-electron chi connectivity index (χ2n) is 5.24. The molecular weight excluding hydrogens is 375 g/mol. The number of benzene rings is 2. The van der Waals surface area contributed by atoms with Gasteiger partial charge in [-0.2, -0.15) is 5.26 Å². The number of carbonyl (C=O) groups excluding carboxylic acids is 1. The molecule has 0 atom stereocenters. The van der Waals surface area contributed by atoms with E-state index in [1.54, 1.807) is 42.5 Å². The number of rotatable bonds is 8. The number of hydrogen-bond acceptors (Lipinski definition) is 4. The first-order valence-corrected chi connectivity index (χ1v) is 8.78. The lowest BCUT2D eigenvalue weighted by Gasteiger charge is -2.22. The van der Waals surface area contributed by atoms with Crippen molar-refractivity contribution in [3.8, 4) is 17.6 Å². The van der Waals surface area contributed by atoms with E-state index in [-0.39, 0.29) is 25.5 Å². The highest BCUT2D eigenvalue weighted by molar-refractivity contribution is 6.34. The Hall–Kier alpha value is -2.42. The SMILES string of the molecule is CCOc1ccc(N(CCC#N)C(=O)COc2cc(Cl)ccc2Cl)cc1. The molecule has 2 aromatic carbocycles. The lowest BCUT2D eigenvalue weighted by atomic mass is 10.2. The minimum atomic E-state index is -0.291. The zero-order valence-electron chi connectivity index (χ0n) is 14.2. The van der Waals surface area contributed by atoms with Gasteiger partial charge in [-0.15, -0.1) is 0 Å². The molecule has 2 rings (SSSR count). The zero-order valence-corrected chi connectivity index (χ0v) is 15.8. The Bertz CT molecular complexity index is 788. The molecule has 0 heterocycles. The van der Waals surface area contributed by atoms with Crippen molar-refractivity contribution >= 4 is 34.8 Å². The minimum absolute atomic E-state index is 0.205. The van der Waals surface area contributed by atoms with Crippen molar-refractivity contribution in [2.24, 2.45) is 0 Å². The molecule has 0 bridgehead atoms. The maximum absolute atomic E-state index is 12.6. The predicted octanol–water partition coefficient (Wildman–Crippen LogP) is 4.72. The number of hydrogen-bond donors (Lipinski definition) is 0. The molecule has 0 aliphatic rings. The Morgan fingerprint density at radius 3 is 2.54 bits per heavy atom. The van der Waals surface area contributed by atoms with Crippen LogP contribution in [0.25, 0.3) is 0 Å². The third kappa shape index (κ3) is 5.55. The predicted molar refractivity (Wildman–Crippen MR) is 102 cm³/mol. The number of nitriles is 1. The van der Waals surface area contributed by atoms with Gasteiger partial charge in [0.2, 0.25) is 0 Å². The van der Waals surface area contributed by atoms with Crippen LogP contribution in [0.3, 0.4) is 0 Å². The van der Waals surface area contributed by atoms with Crippen LogP contribution in [0.15, 0.2) is 42.5 Å². The van der Waals surface area contributed by atoms with Crippen LogP contribution in [0, 0.1) is 11.3 Å². The second kappa shape index (κ2) is 9.91. The van der Waals surface area contributed by atoms with Crippen LogP contribution in [0.2, 0.25) is 10.0 Å². The fourth-order valence-electron chi connectivity index (χ4n) is 2.25. The summed E-state index contributed by atoms with van der Waals surface area (Å²) in [6, 6.07) is 13.9. The lowest BCUT2D eigenvalue weighted by molar-refractivity contribution is -0.120. The number of halogens is 2. The van der Waals surface area contributed by atoms with E-state index in [9.17, 15) is 4.79 Å². The maximum Gasteiger partial charge on any atom is 0.264 e. The largest absolute Gasteiger partial charge is 0.494 e. The summed E-state index contributed by atoms with van der Waals surface area (Å²) >= 11 is 12.0. The molecule has 0 saturated heterocycles. The summed E-state index contributed by atoms with van der Waals surface area (Å²) < 4.78 is 10.9. The number of amides is 1. The molecule has 0 saturated carbocycles. The molecule has 0 radical (unpaired) electrons. The minimum Gasteiger partial charge on any atom is -0.494 e. The molecular formula is C19H18Cl2N2O3. The smallest absolute Gasteiger partial charge is 0.264 e. The standard InChI is InChI=1S/C19H18Cl2N2O3/c1-2-25-16-7-5-15(6-8-16)23(11-3-10-22)19(24)13-26-18-12-14(20)4-9-17(18)21/h4-9,12H,2-3,11,13H2,1H3. The van der Waals surface area contributed by atoms with Crippen LogP contribution in [-0.2, 0) is 4.79 Å². The number of nitrogens with zero attached hydrogens (tertiary/aromatic N) is 2. The Morgan fingerprint density at radius 1 is 1.15 bits per heavy atom. The Kier molecular flexibility index (Phi) is 7.58. The van der Waals surface area contributed by atoms with Crippen LogP contribution in [0.1, 0.15) is 13.3 Å². The van der Waals surface area contributed by atoms with Crippen molar-refractivity contribution in [1.29, 1.82) is 5.26 Å². The fourth-order valence-corrected chi connectivity index (χ4v) is 2.59. The summed E-state index contributed by atoms with van der Waals surface area (Å²) in [6.07, 6.45) is 0.205. The highest BCUT2D eigenvalue weighted by Gasteiger charge is 2.17. The molecule has 0 aromatic heterocycles. The van der Waals surface area contributed by atoms with Gasteiger partial charge in [-0.3, -0.25) is 4.79 Å². The van der Waals surface area contributed by atoms with Crippen molar-refractivity contribution in [1.82, 2.24) is 0 Å². The van der Waals surface area contributed by atoms with Crippen molar-refractivity contribution in [3.05, 3.63) is 52.5 Å². The molecule has 0 aliphatic carbocycles. The van der Waals surface area contributed by atoms with Gasteiger partial charge in [0.05, 0.1) is 24.1 Å². The van der Waals surface area contributed by atoms with Crippen LogP contribution in [0.4, 0.5) is 5.69 Å². The molecule has 0 spiro atoms. The maximum atomic E-state index is 12.6. The van der Waals surface area contributed by atoms with Gasteiger partial charge in [0.15, 0.2) is 6.61 Å². The van der Waals surface area contributed by atoms with E-state index in [1.165, 1.54) is 4.90 Å². The van der Waals surface area contributed by atoms with Crippen molar-refractivity contribution in [3.63, 3.8) is 0 Å². The molecule has 0 unspecified atom stereocenters. The average Bonchev–Trinajstić information content (AvgIpc) is 2.64. The number of carbonyl (C=O) groups is 1. The topological polar surface area (TPSA) is 62.6 Å². The summed E-state index contributed by atoms with van der Waals surface area (Å²) in [6.45, 7) is 2.49. The first kappa shape index (κ1) is 19.9. The van der Waals surface area contributed by atoms with Crippen LogP contribution < -0.4 is 14.4 Å². The van der Waals surface area contributed by atoms with Gasteiger partial charge in [0.1, 0.15) is 11.5 Å². The van der Waals surface area contributed by atoms with Gasteiger partial charge in [-0.25, -0.2) is 0 Å². The van der Waals surface area contributed by atoms with Crippen molar-refractivity contribution in [2.45, 2.75) is 13.3 Å².